The minimum Gasteiger partial charge on any atom is -0.372 e. The molecule has 1 aromatic carbocycles. The van der Waals surface area contributed by atoms with Crippen LogP contribution in [0.5, 0.6) is 0 Å². The topological polar surface area (TPSA) is 9.23 Å². The molecule has 0 amide bonds. The molecule has 104 valence electrons. The quantitative estimate of drug-likeness (QED) is 0.474. The molecule has 0 radical (unpaired) electrons. The number of allylic oxidation sites excluding steroid dienone is 3. The first-order valence-corrected chi connectivity index (χ1v) is 7.24. The van der Waals surface area contributed by atoms with Gasteiger partial charge in [-0.3, -0.25) is 0 Å². The standard InChI is InChI=1S/C17H23ClO/c1-15(11-12-18)7-6-8-16(2)13-19-14-17-9-4-3-5-10-17/h3-5,8-11H,6-7,12-14H2,1-2H3. The van der Waals surface area contributed by atoms with Crippen molar-refractivity contribution in [1.29, 1.82) is 0 Å². The average molecular weight is 279 g/mol. The van der Waals surface area contributed by atoms with Gasteiger partial charge >= 0.3 is 0 Å². The Balaban J connectivity index is 2.20. The maximum absolute atomic E-state index is 5.68. The van der Waals surface area contributed by atoms with Gasteiger partial charge in [-0.25, -0.2) is 0 Å². The highest BCUT2D eigenvalue weighted by molar-refractivity contribution is 6.18. The summed E-state index contributed by atoms with van der Waals surface area (Å²) in [5.41, 5.74) is 3.86. The van der Waals surface area contributed by atoms with E-state index in [4.69, 9.17) is 16.3 Å². The molecule has 0 aliphatic heterocycles. The molecule has 0 heterocycles. The van der Waals surface area contributed by atoms with Crippen molar-refractivity contribution in [3.63, 3.8) is 0 Å². The monoisotopic (exact) mass is 278 g/mol. The molecule has 0 atom stereocenters. The molecule has 0 aliphatic rings. The lowest BCUT2D eigenvalue weighted by atomic mass is 10.1. The predicted molar refractivity (Wildman–Crippen MR) is 83.6 cm³/mol. The molecule has 0 saturated heterocycles. The molecule has 0 bridgehead atoms. The van der Waals surface area contributed by atoms with Gasteiger partial charge in [0.1, 0.15) is 0 Å². The second-order valence-corrected chi connectivity index (χ2v) is 5.08. The Morgan fingerprint density at radius 3 is 2.53 bits per heavy atom. The van der Waals surface area contributed by atoms with Gasteiger partial charge in [-0.1, -0.05) is 53.6 Å². The Hall–Kier alpha value is -1.05. The van der Waals surface area contributed by atoms with Crippen LogP contribution in [0.1, 0.15) is 32.3 Å². The van der Waals surface area contributed by atoms with Crippen molar-refractivity contribution in [3.05, 3.63) is 59.2 Å². The van der Waals surface area contributed by atoms with Crippen molar-refractivity contribution < 1.29 is 4.74 Å². The van der Waals surface area contributed by atoms with Gasteiger partial charge in [-0.05, 0) is 32.3 Å². The van der Waals surface area contributed by atoms with Gasteiger partial charge in [0, 0.05) is 5.88 Å². The molecule has 19 heavy (non-hydrogen) atoms. The first-order valence-electron chi connectivity index (χ1n) is 6.71. The lowest BCUT2D eigenvalue weighted by Crippen LogP contribution is -1.96. The van der Waals surface area contributed by atoms with E-state index in [1.165, 1.54) is 16.7 Å². The average Bonchev–Trinajstić information content (AvgIpc) is 2.40. The van der Waals surface area contributed by atoms with E-state index in [1.807, 2.05) is 18.2 Å². The number of rotatable bonds is 8. The maximum atomic E-state index is 5.68. The van der Waals surface area contributed by atoms with Crippen molar-refractivity contribution in [2.24, 2.45) is 0 Å². The number of hydrogen-bond acceptors (Lipinski definition) is 1. The largest absolute Gasteiger partial charge is 0.372 e. The van der Waals surface area contributed by atoms with Crippen LogP contribution < -0.4 is 0 Å². The van der Waals surface area contributed by atoms with Gasteiger partial charge in [0.05, 0.1) is 13.2 Å². The van der Waals surface area contributed by atoms with E-state index in [2.05, 4.69) is 38.1 Å². The molecule has 2 heteroatoms. The second kappa shape index (κ2) is 9.82. The molecule has 1 aromatic rings. The van der Waals surface area contributed by atoms with Crippen LogP contribution in [0.4, 0.5) is 0 Å². The maximum Gasteiger partial charge on any atom is 0.0721 e. The van der Waals surface area contributed by atoms with Crippen LogP contribution >= 0.6 is 11.6 Å². The minimum absolute atomic E-state index is 0.606. The van der Waals surface area contributed by atoms with E-state index in [0.717, 1.165) is 12.8 Å². The third kappa shape index (κ3) is 7.86. The van der Waals surface area contributed by atoms with Crippen molar-refractivity contribution in [3.8, 4) is 0 Å². The number of halogens is 1. The van der Waals surface area contributed by atoms with E-state index >= 15 is 0 Å². The molecule has 1 rings (SSSR count). The lowest BCUT2D eigenvalue weighted by molar-refractivity contribution is 0.142. The summed E-state index contributed by atoms with van der Waals surface area (Å²) in [4.78, 5) is 0. The van der Waals surface area contributed by atoms with Crippen molar-refractivity contribution in [2.75, 3.05) is 12.5 Å². The molecular weight excluding hydrogens is 256 g/mol. The van der Waals surface area contributed by atoms with E-state index in [0.29, 0.717) is 19.1 Å². The highest BCUT2D eigenvalue weighted by Crippen LogP contribution is 2.08. The van der Waals surface area contributed by atoms with Gasteiger partial charge in [0.25, 0.3) is 0 Å². The molecule has 0 saturated carbocycles. The fourth-order valence-corrected chi connectivity index (χ4v) is 2.01. The van der Waals surface area contributed by atoms with Crippen LogP contribution in [0, 0.1) is 0 Å². The highest BCUT2D eigenvalue weighted by atomic mass is 35.5. The second-order valence-electron chi connectivity index (χ2n) is 4.77. The molecule has 0 N–H and O–H groups in total. The van der Waals surface area contributed by atoms with Crippen LogP contribution in [0.2, 0.25) is 0 Å². The first kappa shape index (κ1) is 16.0. The number of hydrogen-bond donors (Lipinski definition) is 0. The van der Waals surface area contributed by atoms with Crippen molar-refractivity contribution >= 4 is 11.6 Å². The van der Waals surface area contributed by atoms with Gasteiger partial charge in [-0.2, -0.15) is 0 Å². The van der Waals surface area contributed by atoms with Crippen molar-refractivity contribution in [1.82, 2.24) is 0 Å². The summed E-state index contributed by atoms with van der Waals surface area (Å²) in [5.74, 6) is 0.606. The summed E-state index contributed by atoms with van der Waals surface area (Å²) < 4.78 is 5.68. The Labute approximate surface area is 121 Å². The van der Waals surface area contributed by atoms with E-state index in [1.54, 1.807) is 0 Å². The van der Waals surface area contributed by atoms with E-state index in [9.17, 15) is 0 Å². The summed E-state index contributed by atoms with van der Waals surface area (Å²) in [6.07, 6.45) is 6.44. The summed E-state index contributed by atoms with van der Waals surface area (Å²) in [5, 5.41) is 0. The molecule has 0 unspecified atom stereocenters. The summed E-state index contributed by atoms with van der Waals surface area (Å²) >= 11 is 5.65. The zero-order valence-corrected chi connectivity index (χ0v) is 12.6. The predicted octanol–water partition coefficient (Wildman–Crippen LogP) is 5.11. The van der Waals surface area contributed by atoms with Crippen LogP contribution in [0.3, 0.4) is 0 Å². The molecular formula is C17H23ClO. The van der Waals surface area contributed by atoms with Crippen molar-refractivity contribution in [2.45, 2.75) is 33.3 Å². The lowest BCUT2D eigenvalue weighted by Gasteiger charge is -2.05. The molecule has 1 nitrogen and oxygen atoms in total. The van der Waals surface area contributed by atoms with E-state index in [-0.39, 0.29) is 0 Å². The molecule has 0 aliphatic carbocycles. The summed E-state index contributed by atoms with van der Waals surface area (Å²) in [7, 11) is 0. The van der Waals surface area contributed by atoms with Crippen LogP contribution in [-0.4, -0.2) is 12.5 Å². The molecule has 0 fully saturated rings. The van der Waals surface area contributed by atoms with Gasteiger partial charge in [0.2, 0.25) is 0 Å². The first-order chi connectivity index (χ1) is 9.22. The zero-order chi connectivity index (χ0) is 13.9. The Kier molecular flexibility index (Phi) is 8.28. The number of ether oxygens (including phenoxy) is 1. The fraction of sp³-hybridized carbons (Fsp3) is 0.412. The Morgan fingerprint density at radius 2 is 1.84 bits per heavy atom. The minimum atomic E-state index is 0.606. The number of alkyl halides is 1. The summed E-state index contributed by atoms with van der Waals surface area (Å²) in [6.45, 7) is 5.62. The highest BCUT2D eigenvalue weighted by Gasteiger charge is 1.94. The Bertz CT molecular complexity index is 407. The van der Waals surface area contributed by atoms with Crippen LogP contribution in [-0.2, 0) is 11.3 Å². The third-order valence-corrected chi connectivity index (χ3v) is 3.05. The van der Waals surface area contributed by atoms with Gasteiger partial charge in [-0.15, -0.1) is 11.6 Å². The Morgan fingerprint density at radius 1 is 1.11 bits per heavy atom. The van der Waals surface area contributed by atoms with Gasteiger partial charge < -0.3 is 4.74 Å². The van der Waals surface area contributed by atoms with Crippen LogP contribution in [0.15, 0.2) is 53.6 Å². The molecule has 0 aromatic heterocycles. The zero-order valence-electron chi connectivity index (χ0n) is 11.9. The number of benzene rings is 1. The SMILES string of the molecule is CC(=CCCl)CCC=C(C)COCc1ccccc1. The normalized spacial score (nSPS) is 12.8. The molecule has 0 spiro atoms. The third-order valence-electron chi connectivity index (χ3n) is 2.90. The summed E-state index contributed by atoms with van der Waals surface area (Å²) in [6, 6.07) is 10.3. The van der Waals surface area contributed by atoms with Gasteiger partial charge in [0.15, 0.2) is 0 Å². The van der Waals surface area contributed by atoms with E-state index < -0.39 is 0 Å². The van der Waals surface area contributed by atoms with Crippen LogP contribution in [0.25, 0.3) is 0 Å². The fourth-order valence-electron chi connectivity index (χ4n) is 1.74. The smallest absolute Gasteiger partial charge is 0.0721 e.